The van der Waals surface area contributed by atoms with Crippen LogP contribution in [-0.2, 0) is 9.59 Å². The summed E-state index contributed by atoms with van der Waals surface area (Å²) in [5.41, 5.74) is 0.908. The van der Waals surface area contributed by atoms with Crippen LogP contribution >= 0.6 is 0 Å². The minimum Gasteiger partial charge on any atom is -0.345 e. The normalized spacial score (nSPS) is 14.5. The van der Waals surface area contributed by atoms with Crippen LogP contribution in [0.15, 0.2) is 16.9 Å². The second kappa shape index (κ2) is 7.73. The number of carbonyl (C=O) groups excluding carboxylic acids is 2. The molecule has 0 bridgehead atoms. The predicted molar refractivity (Wildman–Crippen MR) is 99.8 cm³/mol. The fraction of sp³-hybridized carbons (Fsp3) is 0.500. The van der Waals surface area contributed by atoms with Crippen LogP contribution in [0, 0.1) is 6.92 Å². The molecule has 0 aliphatic heterocycles. The number of anilines is 1. The van der Waals surface area contributed by atoms with Crippen molar-refractivity contribution in [1.29, 1.82) is 0 Å². The monoisotopic (exact) mass is 372 g/mol. The molecule has 1 saturated carbocycles. The molecule has 27 heavy (non-hydrogen) atoms. The fourth-order valence-electron chi connectivity index (χ4n) is 3.10. The van der Waals surface area contributed by atoms with Gasteiger partial charge >= 0.3 is 11.8 Å². The lowest BCUT2D eigenvalue weighted by Gasteiger charge is -2.12. The molecule has 2 heterocycles. The molecule has 3 N–H and O–H groups in total. The first kappa shape index (κ1) is 18.8. The van der Waals surface area contributed by atoms with E-state index < -0.39 is 11.8 Å². The van der Waals surface area contributed by atoms with Crippen LogP contribution in [0.4, 0.5) is 5.82 Å². The Bertz CT molecular complexity index is 908. The first-order chi connectivity index (χ1) is 12.8. The zero-order valence-corrected chi connectivity index (χ0v) is 15.7. The summed E-state index contributed by atoms with van der Waals surface area (Å²) in [6.07, 6.45) is 3.90. The Hall–Kier alpha value is -2.97. The lowest BCUT2D eigenvalue weighted by atomic mass is 10.1. The average molecular weight is 372 g/mol. The first-order valence-electron chi connectivity index (χ1n) is 9.13. The highest BCUT2D eigenvalue weighted by atomic mass is 16.2. The lowest BCUT2D eigenvalue weighted by molar-refractivity contribution is -0.136. The number of H-pyrrole nitrogens is 1. The standard InChI is InChI=1S/C18H24N6O3/c1-10(2)13-9-15(25)22-18(20-13)24-14(8-11(3)23-24)21-17(27)16(26)19-12-6-4-5-7-12/h8-10,12H,4-7H2,1-3H3,(H,19,26)(H,21,27)(H,20,22,25). The molecule has 1 fully saturated rings. The van der Waals surface area contributed by atoms with E-state index >= 15 is 0 Å². The van der Waals surface area contributed by atoms with Gasteiger partial charge in [-0.3, -0.25) is 19.4 Å². The third kappa shape index (κ3) is 4.42. The van der Waals surface area contributed by atoms with Gasteiger partial charge in [-0.1, -0.05) is 26.7 Å². The number of nitrogens with one attached hydrogen (secondary N) is 3. The van der Waals surface area contributed by atoms with Crippen molar-refractivity contribution in [3.05, 3.63) is 33.9 Å². The van der Waals surface area contributed by atoms with Gasteiger partial charge in [-0.25, -0.2) is 4.98 Å². The molecule has 3 rings (SSSR count). The maximum absolute atomic E-state index is 12.3. The minimum absolute atomic E-state index is 0.0515. The van der Waals surface area contributed by atoms with E-state index in [4.69, 9.17) is 0 Å². The highest BCUT2D eigenvalue weighted by Crippen LogP contribution is 2.18. The van der Waals surface area contributed by atoms with Crippen molar-refractivity contribution in [2.24, 2.45) is 0 Å². The number of rotatable bonds is 4. The SMILES string of the molecule is Cc1cc(NC(=O)C(=O)NC2CCCC2)n(-c2nc(C(C)C)cc(=O)[nH]2)n1. The maximum atomic E-state index is 12.3. The van der Waals surface area contributed by atoms with Crippen molar-refractivity contribution in [2.45, 2.75) is 58.4 Å². The van der Waals surface area contributed by atoms with Crippen molar-refractivity contribution < 1.29 is 9.59 Å². The van der Waals surface area contributed by atoms with Gasteiger partial charge in [0.1, 0.15) is 5.82 Å². The molecule has 9 heteroatoms. The predicted octanol–water partition coefficient (Wildman–Crippen LogP) is 1.38. The highest BCUT2D eigenvalue weighted by Gasteiger charge is 2.23. The van der Waals surface area contributed by atoms with Crippen LogP contribution in [0.2, 0.25) is 0 Å². The van der Waals surface area contributed by atoms with E-state index in [-0.39, 0.29) is 29.3 Å². The summed E-state index contributed by atoms with van der Waals surface area (Å²) in [5, 5.41) is 9.58. The van der Waals surface area contributed by atoms with E-state index in [0.29, 0.717) is 11.4 Å². The molecule has 2 aromatic heterocycles. The van der Waals surface area contributed by atoms with Gasteiger partial charge < -0.3 is 10.6 Å². The van der Waals surface area contributed by atoms with Gasteiger partial charge in [0.15, 0.2) is 0 Å². The van der Waals surface area contributed by atoms with E-state index in [1.54, 1.807) is 13.0 Å². The second-order valence-corrected chi connectivity index (χ2v) is 7.14. The molecule has 2 aromatic rings. The van der Waals surface area contributed by atoms with Crippen LogP contribution in [0.3, 0.4) is 0 Å². The summed E-state index contributed by atoms with van der Waals surface area (Å²) in [5.74, 6) is -0.943. The molecule has 2 amide bonds. The first-order valence-corrected chi connectivity index (χ1v) is 9.13. The Labute approximate surface area is 156 Å². The van der Waals surface area contributed by atoms with Crippen molar-refractivity contribution in [3.63, 3.8) is 0 Å². The average Bonchev–Trinajstić information content (AvgIpc) is 3.23. The molecule has 1 aliphatic carbocycles. The summed E-state index contributed by atoms with van der Waals surface area (Å²) < 4.78 is 1.32. The molecular formula is C18H24N6O3. The number of carbonyl (C=O) groups is 2. The van der Waals surface area contributed by atoms with Crippen LogP contribution in [0.1, 0.15) is 56.8 Å². The number of aryl methyl sites for hydroxylation is 1. The number of amides is 2. The Morgan fingerprint density at radius 2 is 1.93 bits per heavy atom. The Balaban J connectivity index is 1.83. The zero-order valence-electron chi connectivity index (χ0n) is 15.7. The Morgan fingerprint density at radius 1 is 1.22 bits per heavy atom. The molecule has 0 saturated heterocycles. The van der Waals surface area contributed by atoms with Crippen LogP contribution in [0.25, 0.3) is 5.95 Å². The topological polar surface area (TPSA) is 122 Å². The van der Waals surface area contributed by atoms with E-state index in [1.165, 1.54) is 10.7 Å². The van der Waals surface area contributed by atoms with Crippen LogP contribution in [-0.4, -0.2) is 37.6 Å². The highest BCUT2D eigenvalue weighted by molar-refractivity contribution is 6.39. The van der Waals surface area contributed by atoms with Crippen molar-refractivity contribution in [1.82, 2.24) is 25.1 Å². The van der Waals surface area contributed by atoms with Crippen molar-refractivity contribution >= 4 is 17.6 Å². The summed E-state index contributed by atoms with van der Waals surface area (Å²) in [6.45, 7) is 5.60. The van der Waals surface area contributed by atoms with Gasteiger partial charge in [-0.15, -0.1) is 0 Å². The van der Waals surface area contributed by atoms with E-state index in [9.17, 15) is 14.4 Å². The maximum Gasteiger partial charge on any atom is 0.314 e. The molecule has 144 valence electrons. The van der Waals surface area contributed by atoms with Crippen molar-refractivity contribution in [2.75, 3.05) is 5.32 Å². The summed E-state index contributed by atoms with van der Waals surface area (Å²) in [6, 6.07) is 3.09. The Morgan fingerprint density at radius 3 is 2.59 bits per heavy atom. The fourth-order valence-corrected chi connectivity index (χ4v) is 3.10. The number of aromatic nitrogens is 4. The van der Waals surface area contributed by atoms with Crippen molar-refractivity contribution in [3.8, 4) is 5.95 Å². The van der Waals surface area contributed by atoms with E-state index in [2.05, 4.69) is 25.7 Å². The summed E-state index contributed by atoms with van der Waals surface area (Å²) in [7, 11) is 0. The van der Waals surface area contributed by atoms with Crippen LogP contribution < -0.4 is 16.2 Å². The Kier molecular flexibility index (Phi) is 5.38. The number of nitrogens with zero attached hydrogens (tertiary/aromatic N) is 3. The van der Waals surface area contributed by atoms with E-state index in [1.807, 2.05) is 13.8 Å². The second-order valence-electron chi connectivity index (χ2n) is 7.14. The lowest BCUT2D eigenvalue weighted by Crippen LogP contribution is -2.40. The quantitative estimate of drug-likeness (QED) is 0.700. The van der Waals surface area contributed by atoms with Gasteiger partial charge in [0.25, 0.3) is 5.56 Å². The molecular weight excluding hydrogens is 348 g/mol. The number of hydrogen-bond donors (Lipinski definition) is 3. The molecule has 1 aliphatic rings. The third-order valence-corrected chi connectivity index (χ3v) is 4.51. The van der Waals surface area contributed by atoms with Gasteiger partial charge in [-0.05, 0) is 25.7 Å². The molecule has 0 spiro atoms. The summed E-state index contributed by atoms with van der Waals surface area (Å²) >= 11 is 0. The smallest absolute Gasteiger partial charge is 0.314 e. The zero-order chi connectivity index (χ0) is 19.6. The van der Waals surface area contributed by atoms with Gasteiger partial charge in [-0.2, -0.15) is 9.78 Å². The summed E-state index contributed by atoms with van der Waals surface area (Å²) in [4.78, 5) is 43.4. The van der Waals surface area contributed by atoms with Gasteiger partial charge in [0, 0.05) is 18.2 Å². The minimum atomic E-state index is -0.773. The van der Waals surface area contributed by atoms with Crippen LogP contribution in [0.5, 0.6) is 0 Å². The molecule has 0 atom stereocenters. The number of aromatic amines is 1. The molecule has 0 unspecified atom stereocenters. The van der Waals surface area contributed by atoms with Gasteiger partial charge in [0.2, 0.25) is 5.95 Å². The largest absolute Gasteiger partial charge is 0.345 e. The molecule has 0 aromatic carbocycles. The molecule has 9 nitrogen and oxygen atoms in total. The van der Waals surface area contributed by atoms with E-state index in [0.717, 1.165) is 25.7 Å². The molecule has 0 radical (unpaired) electrons. The third-order valence-electron chi connectivity index (χ3n) is 4.51. The number of hydrogen-bond acceptors (Lipinski definition) is 5. The van der Waals surface area contributed by atoms with Gasteiger partial charge in [0.05, 0.1) is 11.4 Å².